The van der Waals surface area contributed by atoms with E-state index in [0.717, 1.165) is 22.3 Å². The fourth-order valence-electron chi connectivity index (χ4n) is 2.22. The second-order valence-electron chi connectivity index (χ2n) is 5.50. The van der Waals surface area contributed by atoms with Gasteiger partial charge in [-0.1, -0.05) is 77.4 Å². The van der Waals surface area contributed by atoms with Crippen LogP contribution in [-0.4, -0.2) is 21.3 Å². The number of allylic oxidation sites excluding steroid dienone is 2. The third kappa shape index (κ3) is 5.14. The van der Waals surface area contributed by atoms with E-state index >= 15 is 0 Å². The Kier molecular flexibility index (Phi) is 6.74. The fraction of sp³-hybridized carbons (Fsp3) is 0. The first-order valence-corrected chi connectivity index (χ1v) is 9.94. The van der Waals surface area contributed by atoms with Crippen molar-refractivity contribution in [3.05, 3.63) is 81.2 Å². The summed E-state index contributed by atoms with van der Waals surface area (Å²) in [6.45, 7) is 0. The van der Waals surface area contributed by atoms with Crippen LogP contribution >= 0.6 is 47.2 Å². The van der Waals surface area contributed by atoms with Crippen molar-refractivity contribution in [2.75, 3.05) is 5.32 Å². The zero-order valence-corrected chi connectivity index (χ0v) is 17.3. The summed E-state index contributed by atoms with van der Waals surface area (Å²) in [5.41, 5.74) is 3.87. The number of urea groups is 1. The molecule has 0 atom stereocenters. The molecule has 2 N–H and O–H groups in total. The molecular weight excluding hydrogens is 437 g/mol. The summed E-state index contributed by atoms with van der Waals surface area (Å²) in [5, 5.41) is 4.27. The lowest BCUT2D eigenvalue weighted by molar-refractivity contribution is -0.123. The van der Waals surface area contributed by atoms with Crippen LogP contribution in [0.3, 0.4) is 0 Å². The van der Waals surface area contributed by atoms with Crippen LogP contribution in [-0.2, 0) is 4.79 Å². The summed E-state index contributed by atoms with van der Waals surface area (Å²) in [4.78, 5) is 25.1. The molecule has 0 saturated carbocycles. The van der Waals surface area contributed by atoms with Gasteiger partial charge in [0.15, 0.2) is 4.32 Å². The van der Waals surface area contributed by atoms with Crippen molar-refractivity contribution < 1.29 is 9.59 Å². The Balaban J connectivity index is 1.63. The number of hydrogen-bond donors (Lipinski definition) is 2. The SMILES string of the molecule is O=C(Nc1ccc(Cl)c(Cl)c1)NN1C(=O)/C(=C/C=C/c2ccccc2)SC1=S. The molecule has 9 heteroatoms. The van der Waals surface area contributed by atoms with Crippen molar-refractivity contribution >= 4 is 75.2 Å². The molecule has 0 bridgehead atoms. The number of thioether (sulfide) groups is 1. The predicted octanol–water partition coefficient (Wildman–Crippen LogP) is 5.49. The first-order valence-electron chi connectivity index (χ1n) is 7.96. The molecule has 2 aromatic carbocycles. The molecule has 0 radical (unpaired) electrons. The third-order valence-electron chi connectivity index (χ3n) is 3.52. The Hall–Kier alpha value is -2.32. The van der Waals surface area contributed by atoms with Crippen LogP contribution in [0, 0.1) is 0 Å². The molecule has 1 saturated heterocycles. The monoisotopic (exact) mass is 449 g/mol. The zero-order chi connectivity index (χ0) is 20.1. The second kappa shape index (κ2) is 9.25. The molecule has 1 aliphatic rings. The van der Waals surface area contributed by atoms with Crippen molar-refractivity contribution in [3.8, 4) is 0 Å². The molecule has 0 aliphatic carbocycles. The molecule has 142 valence electrons. The van der Waals surface area contributed by atoms with Crippen LogP contribution in [0.1, 0.15) is 5.56 Å². The van der Waals surface area contributed by atoms with Crippen LogP contribution in [0.4, 0.5) is 10.5 Å². The number of carbonyl (C=O) groups excluding carboxylic acids is 2. The number of carbonyl (C=O) groups is 2. The lowest BCUT2D eigenvalue weighted by Gasteiger charge is -2.16. The molecule has 1 fully saturated rings. The molecule has 0 spiro atoms. The highest BCUT2D eigenvalue weighted by atomic mass is 35.5. The van der Waals surface area contributed by atoms with Gasteiger partial charge < -0.3 is 5.32 Å². The molecule has 3 amide bonds. The highest BCUT2D eigenvalue weighted by Crippen LogP contribution is 2.30. The summed E-state index contributed by atoms with van der Waals surface area (Å²) in [6.07, 6.45) is 5.29. The quantitative estimate of drug-likeness (QED) is 0.478. The van der Waals surface area contributed by atoms with Crippen molar-refractivity contribution in [2.24, 2.45) is 0 Å². The normalized spacial score (nSPS) is 15.5. The molecule has 3 rings (SSSR count). The van der Waals surface area contributed by atoms with E-state index in [9.17, 15) is 9.59 Å². The second-order valence-corrected chi connectivity index (χ2v) is 7.99. The number of halogens is 2. The average molecular weight is 450 g/mol. The van der Waals surface area contributed by atoms with Gasteiger partial charge >= 0.3 is 6.03 Å². The number of nitrogens with zero attached hydrogens (tertiary/aromatic N) is 1. The predicted molar refractivity (Wildman–Crippen MR) is 119 cm³/mol. The zero-order valence-electron chi connectivity index (χ0n) is 14.2. The van der Waals surface area contributed by atoms with Gasteiger partial charge in [0, 0.05) is 5.69 Å². The van der Waals surface area contributed by atoms with Crippen molar-refractivity contribution in [1.82, 2.24) is 10.4 Å². The number of hydrogen-bond acceptors (Lipinski definition) is 4. The Morgan fingerprint density at radius 2 is 1.86 bits per heavy atom. The minimum Gasteiger partial charge on any atom is -0.307 e. The molecule has 1 aliphatic heterocycles. The van der Waals surface area contributed by atoms with E-state index in [-0.39, 0.29) is 4.32 Å². The van der Waals surface area contributed by atoms with Crippen molar-refractivity contribution in [1.29, 1.82) is 0 Å². The number of thiocarbonyl (C=S) groups is 1. The smallest absolute Gasteiger partial charge is 0.307 e. The van der Waals surface area contributed by atoms with Gasteiger partial charge in [0.1, 0.15) is 0 Å². The van der Waals surface area contributed by atoms with Gasteiger partial charge in [0.2, 0.25) is 0 Å². The topological polar surface area (TPSA) is 61.4 Å². The van der Waals surface area contributed by atoms with Crippen LogP contribution in [0.2, 0.25) is 10.0 Å². The average Bonchev–Trinajstić information content (AvgIpc) is 2.93. The summed E-state index contributed by atoms with van der Waals surface area (Å²) in [7, 11) is 0. The van der Waals surface area contributed by atoms with E-state index in [2.05, 4.69) is 10.7 Å². The van der Waals surface area contributed by atoms with E-state index in [1.165, 1.54) is 6.07 Å². The summed E-state index contributed by atoms with van der Waals surface area (Å²) >= 11 is 18.1. The Morgan fingerprint density at radius 1 is 1.11 bits per heavy atom. The molecular formula is C19H13Cl2N3O2S2. The Bertz CT molecular complexity index is 994. The first-order chi connectivity index (χ1) is 13.4. The van der Waals surface area contributed by atoms with Crippen LogP contribution in [0.25, 0.3) is 6.08 Å². The maximum absolute atomic E-state index is 12.5. The minimum atomic E-state index is -0.629. The molecule has 0 aromatic heterocycles. The molecule has 2 aromatic rings. The molecule has 1 heterocycles. The highest BCUT2D eigenvalue weighted by Gasteiger charge is 2.33. The van der Waals surface area contributed by atoms with Gasteiger partial charge in [-0.05, 0) is 42.1 Å². The summed E-state index contributed by atoms with van der Waals surface area (Å²) < 4.78 is 0.230. The van der Waals surface area contributed by atoms with Gasteiger partial charge in [-0.25, -0.2) is 10.2 Å². The van der Waals surface area contributed by atoms with Gasteiger partial charge in [-0.2, -0.15) is 5.01 Å². The Morgan fingerprint density at radius 3 is 2.57 bits per heavy atom. The van der Waals surface area contributed by atoms with E-state index in [0.29, 0.717) is 20.6 Å². The summed E-state index contributed by atoms with van der Waals surface area (Å²) in [6, 6.07) is 13.7. The number of rotatable bonds is 4. The number of hydrazine groups is 1. The highest BCUT2D eigenvalue weighted by molar-refractivity contribution is 8.26. The standard InChI is InChI=1S/C19H13Cl2N3O2S2/c20-14-10-9-13(11-15(14)21)22-18(26)23-24-17(25)16(28-19(24)27)8-4-7-12-5-2-1-3-6-12/h1-11H,(H2,22,23,26)/b7-4+,16-8-. The maximum atomic E-state index is 12.5. The number of amides is 3. The van der Waals surface area contributed by atoms with E-state index in [1.54, 1.807) is 24.3 Å². The van der Waals surface area contributed by atoms with Crippen LogP contribution in [0.15, 0.2) is 65.6 Å². The molecule has 5 nitrogen and oxygen atoms in total. The van der Waals surface area contributed by atoms with Gasteiger partial charge in [-0.15, -0.1) is 0 Å². The molecule has 28 heavy (non-hydrogen) atoms. The number of nitrogens with one attached hydrogen (secondary N) is 2. The van der Waals surface area contributed by atoms with Crippen LogP contribution in [0.5, 0.6) is 0 Å². The van der Waals surface area contributed by atoms with Crippen molar-refractivity contribution in [2.45, 2.75) is 0 Å². The Labute approximate surface area is 181 Å². The van der Waals surface area contributed by atoms with Gasteiger partial charge in [0.25, 0.3) is 5.91 Å². The largest absolute Gasteiger partial charge is 0.338 e. The third-order valence-corrected chi connectivity index (χ3v) is 5.58. The minimum absolute atomic E-state index is 0.230. The van der Waals surface area contributed by atoms with Gasteiger partial charge in [-0.3, -0.25) is 4.79 Å². The first kappa shape index (κ1) is 20.4. The fourth-order valence-corrected chi connectivity index (χ4v) is 3.65. The van der Waals surface area contributed by atoms with Gasteiger partial charge in [0.05, 0.1) is 15.0 Å². The lowest BCUT2D eigenvalue weighted by atomic mass is 10.2. The van der Waals surface area contributed by atoms with E-state index in [1.807, 2.05) is 36.4 Å². The molecule has 0 unspecified atom stereocenters. The van der Waals surface area contributed by atoms with Crippen LogP contribution < -0.4 is 10.7 Å². The van der Waals surface area contributed by atoms with Crippen molar-refractivity contribution in [3.63, 3.8) is 0 Å². The number of anilines is 1. The van der Waals surface area contributed by atoms with E-state index in [4.69, 9.17) is 35.4 Å². The summed E-state index contributed by atoms with van der Waals surface area (Å²) in [5.74, 6) is -0.406. The lowest BCUT2D eigenvalue weighted by Crippen LogP contribution is -2.46. The van der Waals surface area contributed by atoms with E-state index < -0.39 is 11.9 Å². The maximum Gasteiger partial charge on any atom is 0.338 e. The number of benzene rings is 2.